The van der Waals surface area contributed by atoms with Gasteiger partial charge in [0.15, 0.2) is 9.84 Å². The number of rotatable bonds is 4. The van der Waals surface area contributed by atoms with Crippen molar-refractivity contribution in [2.45, 2.75) is 25.4 Å². The molecule has 0 unspecified atom stereocenters. The summed E-state index contributed by atoms with van der Waals surface area (Å²) in [6.07, 6.45) is 0. The van der Waals surface area contributed by atoms with Crippen LogP contribution in [0, 0.1) is 13.8 Å². The molecule has 0 radical (unpaired) electrons. The number of aryl methyl sites for hydroxylation is 2. The van der Waals surface area contributed by atoms with E-state index in [1.165, 1.54) is 0 Å². The van der Waals surface area contributed by atoms with Gasteiger partial charge in [-0.15, -0.1) is 0 Å². The van der Waals surface area contributed by atoms with Crippen molar-refractivity contribution in [2.24, 2.45) is 0 Å². The highest BCUT2D eigenvalue weighted by Crippen LogP contribution is 2.24. The van der Waals surface area contributed by atoms with Gasteiger partial charge in [-0.1, -0.05) is 58.6 Å². The molecular weight excluding hydrogens is 327 g/mol. The molecule has 2 rings (SSSR count). The molecule has 0 atom stereocenters. The average Bonchev–Trinajstić information content (AvgIpc) is 2.31. The molecule has 0 saturated heterocycles. The van der Waals surface area contributed by atoms with Crippen molar-refractivity contribution in [3.05, 3.63) is 68.7 Å². The Morgan fingerprint density at radius 3 is 1.95 bits per heavy atom. The summed E-state index contributed by atoms with van der Waals surface area (Å²) in [6, 6.07) is 10.7. The Kier molecular flexibility index (Phi) is 4.97. The standard InChI is InChI=1S/C16H16Cl2O2S/c1-11-5-12(2)7-14(6-11)10-21(19,20)9-13-3-4-15(17)16(18)8-13/h3-8H,9-10H2,1-2H3. The predicted octanol–water partition coefficient (Wildman–Crippen LogP) is 4.73. The largest absolute Gasteiger partial charge is 0.228 e. The van der Waals surface area contributed by atoms with E-state index in [9.17, 15) is 8.42 Å². The average molecular weight is 343 g/mol. The molecule has 0 bridgehead atoms. The van der Waals surface area contributed by atoms with E-state index in [0.29, 0.717) is 15.6 Å². The van der Waals surface area contributed by atoms with Crippen molar-refractivity contribution in [1.82, 2.24) is 0 Å². The second kappa shape index (κ2) is 6.39. The number of benzene rings is 2. The Morgan fingerprint density at radius 1 is 0.810 bits per heavy atom. The highest BCUT2D eigenvalue weighted by atomic mass is 35.5. The van der Waals surface area contributed by atoms with Crippen molar-refractivity contribution in [3.63, 3.8) is 0 Å². The van der Waals surface area contributed by atoms with Gasteiger partial charge in [0.05, 0.1) is 21.6 Å². The Labute approximate surface area is 135 Å². The topological polar surface area (TPSA) is 34.1 Å². The fraction of sp³-hybridized carbons (Fsp3) is 0.250. The fourth-order valence-corrected chi connectivity index (χ4v) is 4.13. The van der Waals surface area contributed by atoms with E-state index in [2.05, 4.69) is 0 Å². The third-order valence-electron chi connectivity index (χ3n) is 3.04. The molecule has 5 heteroatoms. The minimum Gasteiger partial charge on any atom is -0.228 e. The van der Waals surface area contributed by atoms with E-state index in [-0.39, 0.29) is 11.5 Å². The van der Waals surface area contributed by atoms with Crippen LogP contribution < -0.4 is 0 Å². The maximum Gasteiger partial charge on any atom is 0.158 e. The van der Waals surface area contributed by atoms with Crippen molar-refractivity contribution in [1.29, 1.82) is 0 Å². The minimum absolute atomic E-state index is 0.0236. The summed E-state index contributed by atoms with van der Waals surface area (Å²) in [5.74, 6) is -0.0212. The van der Waals surface area contributed by atoms with Gasteiger partial charge in [-0.3, -0.25) is 0 Å². The number of halogens is 2. The predicted molar refractivity (Wildman–Crippen MR) is 88.7 cm³/mol. The van der Waals surface area contributed by atoms with Gasteiger partial charge in [0.2, 0.25) is 0 Å². The van der Waals surface area contributed by atoms with Gasteiger partial charge < -0.3 is 0 Å². The van der Waals surface area contributed by atoms with Gasteiger partial charge >= 0.3 is 0 Å². The first-order valence-corrected chi connectivity index (χ1v) is 9.04. The molecule has 0 N–H and O–H groups in total. The first kappa shape index (κ1) is 16.3. The molecule has 21 heavy (non-hydrogen) atoms. The Bertz CT molecular complexity index is 748. The molecule has 112 valence electrons. The monoisotopic (exact) mass is 342 g/mol. The highest BCUT2D eigenvalue weighted by Gasteiger charge is 2.14. The second-order valence-electron chi connectivity index (χ2n) is 5.28. The summed E-state index contributed by atoms with van der Waals surface area (Å²) in [6.45, 7) is 3.92. The van der Waals surface area contributed by atoms with Crippen molar-refractivity contribution in [3.8, 4) is 0 Å². The van der Waals surface area contributed by atoms with Gasteiger partial charge in [0.25, 0.3) is 0 Å². The second-order valence-corrected chi connectivity index (χ2v) is 8.16. The molecule has 0 aliphatic rings. The zero-order valence-corrected chi connectivity index (χ0v) is 14.2. The zero-order chi connectivity index (χ0) is 15.6. The lowest BCUT2D eigenvalue weighted by molar-refractivity contribution is 0.594. The molecule has 0 saturated carbocycles. The van der Waals surface area contributed by atoms with Gasteiger partial charge in [-0.2, -0.15) is 0 Å². The van der Waals surface area contributed by atoms with E-state index in [1.807, 2.05) is 32.0 Å². The summed E-state index contributed by atoms with van der Waals surface area (Å²) in [5, 5.41) is 0.794. The third kappa shape index (κ3) is 4.73. The first-order chi connectivity index (χ1) is 9.75. The normalized spacial score (nSPS) is 11.6. The molecule has 0 heterocycles. The summed E-state index contributed by atoms with van der Waals surface area (Å²) in [5.41, 5.74) is 3.59. The van der Waals surface area contributed by atoms with Crippen LogP contribution >= 0.6 is 23.2 Å². The van der Waals surface area contributed by atoms with Crippen LogP contribution in [0.25, 0.3) is 0 Å². The molecule has 2 aromatic carbocycles. The minimum atomic E-state index is -3.25. The van der Waals surface area contributed by atoms with E-state index >= 15 is 0 Å². The maximum atomic E-state index is 12.3. The van der Waals surface area contributed by atoms with Gasteiger partial charge in [-0.25, -0.2) is 8.42 Å². The number of sulfone groups is 1. The Morgan fingerprint density at radius 2 is 1.38 bits per heavy atom. The fourth-order valence-electron chi connectivity index (χ4n) is 2.34. The van der Waals surface area contributed by atoms with Crippen LogP contribution in [-0.2, 0) is 21.3 Å². The lowest BCUT2D eigenvalue weighted by Gasteiger charge is -2.08. The number of hydrogen-bond donors (Lipinski definition) is 0. The van der Waals surface area contributed by atoms with E-state index < -0.39 is 9.84 Å². The van der Waals surface area contributed by atoms with Crippen molar-refractivity contribution >= 4 is 33.0 Å². The van der Waals surface area contributed by atoms with Gasteiger partial charge in [0.1, 0.15) is 0 Å². The molecular formula is C16H16Cl2O2S. The zero-order valence-electron chi connectivity index (χ0n) is 11.9. The first-order valence-electron chi connectivity index (χ1n) is 6.47. The smallest absolute Gasteiger partial charge is 0.158 e. The van der Waals surface area contributed by atoms with Crippen LogP contribution in [0.1, 0.15) is 22.3 Å². The van der Waals surface area contributed by atoms with Crippen LogP contribution in [0.15, 0.2) is 36.4 Å². The Hall–Kier alpha value is -1.03. The molecule has 0 spiro atoms. The number of hydrogen-bond acceptors (Lipinski definition) is 2. The molecule has 2 aromatic rings. The molecule has 0 aromatic heterocycles. The van der Waals surface area contributed by atoms with Crippen LogP contribution in [0.4, 0.5) is 0 Å². The Balaban J connectivity index is 2.20. The quantitative estimate of drug-likeness (QED) is 0.805. The summed E-state index contributed by atoms with van der Waals surface area (Å²) in [7, 11) is -3.25. The molecule has 0 fully saturated rings. The molecule has 2 nitrogen and oxygen atoms in total. The molecule has 0 amide bonds. The third-order valence-corrected chi connectivity index (χ3v) is 5.32. The summed E-state index contributed by atoms with van der Waals surface area (Å²) >= 11 is 11.8. The van der Waals surface area contributed by atoms with E-state index in [0.717, 1.165) is 16.7 Å². The van der Waals surface area contributed by atoms with Crippen molar-refractivity contribution in [2.75, 3.05) is 0 Å². The van der Waals surface area contributed by atoms with Gasteiger partial charge in [-0.05, 0) is 37.1 Å². The van der Waals surface area contributed by atoms with Crippen LogP contribution in [0.3, 0.4) is 0 Å². The van der Waals surface area contributed by atoms with Crippen molar-refractivity contribution < 1.29 is 8.42 Å². The van der Waals surface area contributed by atoms with Crippen LogP contribution in [0.2, 0.25) is 10.0 Å². The lowest BCUT2D eigenvalue weighted by atomic mass is 10.1. The van der Waals surface area contributed by atoms with Gasteiger partial charge in [0, 0.05) is 0 Å². The maximum absolute atomic E-state index is 12.3. The lowest BCUT2D eigenvalue weighted by Crippen LogP contribution is -2.08. The summed E-state index contributed by atoms with van der Waals surface area (Å²) in [4.78, 5) is 0. The SMILES string of the molecule is Cc1cc(C)cc(CS(=O)(=O)Cc2ccc(Cl)c(Cl)c2)c1. The summed E-state index contributed by atoms with van der Waals surface area (Å²) < 4.78 is 24.6. The van der Waals surface area contributed by atoms with E-state index in [1.54, 1.807) is 18.2 Å². The van der Waals surface area contributed by atoms with Crippen LogP contribution in [0.5, 0.6) is 0 Å². The molecule has 0 aliphatic heterocycles. The van der Waals surface area contributed by atoms with Crippen LogP contribution in [-0.4, -0.2) is 8.42 Å². The van der Waals surface area contributed by atoms with E-state index in [4.69, 9.17) is 23.2 Å². The molecule has 0 aliphatic carbocycles. The highest BCUT2D eigenvalue weighted by molar-refractivity contribution is 7.89.